The van der Waals surface area contributed by atoms with Gasteiger partial charge in [-0.15, -0.1) is 0 Å². The van der Waals surface area contributed by atoms with E-state index in [1.165, 1.54) is 0 Å². The van der Waals surface area contributed by atoms with E-state index in [0.717, 1.165) is 0 Å². The fourth-order valence-electron chi connectivity index (χ4n) is 1.24. The number of piperazine rings is 1. The zero-order chi connectivity index (χ0) is 9.14. The molecule has 12 heavy (non-hydrogen) atoms. The van der Waals surface area contributed by atoms with Crippen molar-refractivity contribution in [3.05, 3.63) is 0 Å². The maximum Gasteiger partial charge on any atom is 0.311 e. The van der Waals surface area contributed by atoms with Gasteiger partial charge in [0.25, 0.3) is 0 Å². The van der Waals surface area contributed by atoms with Crippen LogP contribution in [0.5, 0.6) is 0 Å². The fourth-order valence-corrected chi connectivity index (χ4v) is 1.24. The number of hydrogen-bond donors (Lipinski definition) is 1. The van der Waals surface area contributed by atoms with Gasteiger partial charge in [-0.05, 0) is 5.92 Å². The molecule has 0 spiro atoms. The van der Waals surface area contributed by atoms with Crippen LogP contribution in [-0.2, 0) is 9.59 Å². The highest BCUT2D eigenvalue weighted by Crippen LogP contribution is 2.01. The number of hydrogen-bond acceptors (Lipinski definition) is 2. The van der Waals surface area contributed by atoms with Crippen LogP contribution in [0, 0.1) is 5.92 Å². The molecule has 1 N–H and O–H groups in total. The minimum atomic E-state index is -0.470. The molecule has 0 atom stereocenters. The molecule has 1 aliphatic rings. The van der Waals surface area contributed by atoms with Gasteiger partial charge in [0.1, 0.15) is 0 Å². The second-order valence-corrected chi connectivity index (χ2v) is 3.40. The molecule has 68 valence electrons. The summed E-state index contributed by atoms with van der Waals surface area (Å²) >= 11 is 0. The Labute approximate surface area is 71.9 Å². The summed E-state index contributed by atoms with van der Waals surface area (Å²) in [5, 5.41) is 2.50. The molecule has 0 radical (unpaired) electrons. The second-order valence-electron chi connectivity index (χ2n) is 3.40. The summed E-state index contributed by atoms with van der Waals surface area (Å²) in [7, 11) is 0. The minimum Gasteiger partial charge on any atom is -0.346 e. The highest BCUT2D eigenvalue weighted by Gasteiger charge is 2.25. The molecule has 4 heteroatoms. The van der Waals surface area contributed by atoms with Crippen LogP contribution in [0.25, 0.3) is 0 Å². The van der Waals surface area contributed by atoms with E-state index in [2.05, 4.69) is 5.32 Å². The standard InChI is InChI=1S/C8H14N2O2/c1-6(2)5-10-4-3-9-7(11)8(10)12/h6H,3-5H2,1-2H3,(H,9,11). The van der Waals surface area contributed by atoms with Crippen LogP contribution in [0.3, 0.4) is 0 Å². The van der Waals surface area contributed by atoms with Crippen LogP contribution in [0.1, 0.15) is 13.8 Å². The second kappa shape index (κ2) is 3.56. The van der Waals surface area contributed by atoms with Gasteiger partial charge in [0.05, 0.1) is 0 Å². The van der Waals surface area contributed by atoms with Gasteiger partial charge in [-0.1, -0.05) is 13.8 Å². The number of rotatable bonds is 2. The molecule has 0 unspecified atom stereocenters. The number of amides is 2. The SMILES string of the molecule is CC(C)CN1CCNC(=O)C1=O. The average molecular weight is 170 g/mol. The van der Waals surface area contributed by atoms with Crippen molar-refractivity contribution < 1.29 is 9.59 Å². The first-order valence-corrected chi connectivity index (χ1v) is 4.18. The molecule has 0 aliphatic carbocycles. The summed E-state index contributed by atoms with van der Waals surface area (Å²) in [6.45, 7) is 5.95. The zero-order valence-corrected chi connectivity index (χ0v) is 7.46. The van der Waals surface area contributed by atoms with E-state index in [9.17, 15) is 9.59 Å². The average Bonchev–Trinajstić information content (AvgIpc) is 1.98. The van der Waals surface area contributed by atoms with Crippen molar-refractivity contribution in [2.24, 2.45) is 5.92 Å². The third-order valence-corrected chi connectivity index (χ3v) is 1.73. The lowest BCUT2D eigenvalue weighted by atomic mass is 10.2. The Hall–Kier alpha value is -1.06. The Bertz CT molecular complexity index is 201. The van der Waals surface area contributed by atoms with E-state index < -0.39 is 11.8 Å². The normalized spacial score (nSPS) is 18.4. The van der Waals surface area contributed by atoms with Gasteiger partial charge in [0.15, 0.2) is 0 Å². The van der Waals surface area contributed by atoms with Crippen molar-refractivity contribution in [3.63, 3.8) is 0 Å². The van der Waals surface area contributed by atoms with Crippen molar-refractivity contribution >= 4 is 11.8 Å². The molecule has 1 heterocycles. The number of nitrogens with zero attached hydrogens (tertiary/aromatic N) is 1. The molecular formula is C8H14N2O2. The topological polar surface area (TPSA) is 49.4 Å². The smallest absolute Gasteiger partial charge is 0.311 e. The highest BCUT2D eigenvalue weighted by atomic mass is 16.2. The molecule has 0 aromatic rings. The van der Waals surface area contributed by atoms with E-state index in [1.807, 2.05) is 13.8 Å². The van der Waals surface area contributed by atoms with E-state index in [1.54, 1.807) is 4.90 Å². The van der Waals surface area contributed by atoms with Gasteiger partial charge >= 0.3 is 11.8 Å². The lowest BCUT2D eigenvalue weighted by Gasteiger charge is -2.27. The van der Waals surface area contributed by atoms with Crippen molar-refractivity contribution in [3.8, 4) is 0 Å². The Balaban J connectivity index is 2.52. The molecule has 4 nitrogen and oxygen atoms in total. The van der Waals surface area contributed by atoms with Crippen molar-refractivity contribution in [1.82, 2.24) is 10.2 Å². The van der Waals surface area contributed by atoms with Crippen molar-refractivity contribution in [2.45, 2.75) is 13.8 Å². The molecule has 2 amide bonds. The van der Waals surface area contributed by atoms with Crippen LogP contribution >= 0.6 is 0 Å². The third-order valence-electron chi connectivity index (χ3n) is 1.73. The van der Waals surface area contributed by atoms with Crippen LogP contribution in [-0.4, -0.2) is 36.3 Å². The largest absolute Gasteiger partial charge is 0.346 e. The number of nitrogens with one attached hydrogen (secondary N) is 1. The summed E-state index contributed by atoms with van der Waals surface area (Å²) in [4.78, 5) is 23.7. The number of carbonyl (C=O) groups is 2. The first-order chi connectivity index (χ1) is 5.61. The Morgan fingerprint density at radius 2 is 2.17 bits per heavy atom. The van der Waals surface area contributed by atoms with E-state index in [0.29, 0.717) is 25.6 Å². The van der Waals surface area contributed by atoms with Crippen LogP contribution in [0.15, 0.2) is 0 Å². The summed E-state index contributed by atoms with van der Waals surface area (Å²) in [5.41, 5.74) is 0. The molecule has 1 fully saturated rings. The molecular weight excluding hydrogens is 156 g/mol. The third kappa shape index (κ3) is 1.96. The molecule has 0 bridgehead atoms. The minimum absolute atomic E-state index is 0.394. The monoisotopic (exact) mass is 170 g/mol. The zero-order valence-electron chi connectivity index (χ0n) is 7.46. The predicted octanol–water partition coefficient (Wildman–Crippen LogP) is -0.399. The van der Waals surface area contributed by atoms with Crippen LogP contribution in [0.2, 0.25) is 0 Å². The van der Waals surface area contributed by atoms with Crippen molar-refractivity contribution in [1.29, 1.82) is 0 Å². The lowest BCUT2D eigenvalue weighted by molar-refractivity contribution is -0.148. The maximum absolute atomic E-state index is 11.2. The maximum atomic E-state index is 11.2. The molecule has 0 aromatic heterocycles. The molecule has 0 saturated carbocycles. The molecule has 1 rings (SSSR count). The first kappa shape index (κ1) is 9.03. The van der Waals surface area contributed by atoms with E-state index >= 15 is 0 Å². The fraction of sp³-hybridized carbons (Fsp3) is 0.750. The van der Waals surface area contributed by atoms with Crippen LogP contribution < -0.4 is 5.32 Å². The van der Waals surface area contributed by atoms with Crippen LogP contribution in [0.4, 0.5) is 0 Å². The quantitative estimate of drug-likeness (QED) is 0.573. The summed E-state index contributed by atoms with van der Waals surface area (Å²) in [6, 6.07) is 0. The van der Waals surface area contributed by atoms with Gasteiger partial charge in [-0.2, -0.15) is 0 Å². The van der Waals surface area contributed by atoms with Gasteiger partial charge in [0.2, 0.25) is 0 Å². The van der Waals surface area contributed by atoms with Crippen molar-refractivity contribution in [2.75, 3.05) is 19.6 Å². The molecule has 1 aliphatic heterocycles. The Kier molecular flexibility index (Phi) is 2.68. The van der Waals surface area contributed by atoms with Gasteiger partial charge in [-0.25, -0.2) is 0 Å². The molecule has 1 saturated heterocycles. The van der Waals surface area contributed by atoms with E-state index in [4.69, 9.17) is 0 Å². The number of carbonyl (C=O) groups excluding carboxylic acids is 2. The first-order valence-electron chi connectivity index (χ1n) is 4.18. The summed E-state index contributed by atoms with van der Waals surface area (Å²) < 4.78 is 0. The Morgan fingerprint density at radius 3 is 2.75 bits per heavy atom. The van der Waals surface area contributed by atoms with E-state index in [-0.39, 0.29) is 0 Å². The molecule has 0 aromatic carbocycles. The van der Waals surface area contributed by atoms with Gasteiger partial charge in [0, 0.05) is 19.6 Å². The lowest BCUT2D eigenvalue weighted by Crippen LogP contribution is -2.52. The Morgan fingerprint density at radius 1 is 1.50 bits per heavy atom. The van der Waals surface area contributed by atoms with Gasteiger partial charge < -0.3 is 10.2 Å². The van der Waals surface area contributed by atoms with Gasteiger partial charge in [-0.3, -0.25) is 9.59 Å². The summed E-state index contributed by atoms with van der Waals surface area (Å²) in [6.07, 6.45) is 0. The summed E-state index contributed by atoms with van der Waals surface area (Å²) in [5.74, 6) is -0.447. The highest BCUT2D eigenvalue weighted by molar-refractivity contribution is 6.35. The predicted molar refractivity (Wildman–Crippen MR) is 44.4 cm³/mol.